The summed E-state index contributed by atoms with van der Waals surface area (Å²) in [7, 11) is 1.36. The van der Waals surface area contributed by atoms with E-state index < -0.39 is 46.8 Å². The number of nitrogens with zero attached hydrogens (tertiary/aromatic N) is 1. The van der Waals surface area contributed by atoms with Gasteiger partial charge in [0.15, 0.2) is 0 Å². The first-order valence-corrected chi connectivity index (χ1v) is 9.82. The molecule has 1 aliphatic heterocycles. The quantitative estimate of drug-likeness (QED) is 0.621. The molecule has 174 valence electrons. The molecule has 1 aliphatic rings. The van der Waals surface area contributed by atoms with E-state index >= 15 is 0 Å². The molecule has 2 atom stereocenters. The summed E-state index contributed by atoms with van der Waals surface area (Å²) < 4.78 is 92.6. The Morgan fingerprint density at radius 3 is 2.12 bits per heavy atom. The van der Waals surface area contributed by atoms with Crippen LogP contribution in [0.4, 0.5) is 30.7 Å². The first-order valence-electron chi connectivity index (χ1n) is 9.82. The van der Waals surface area contributed by atoms with E-state index in [1.54, 1.807) is 13.0 Å². The van der Waals surface area contributed by atoms with Crippen molar-refractivity contribution in [3.8, 4) is 0 Å². The van der Waals surface area contributed by atoms with Crippen molar-refractivity contribution in [1.29, 1.82) is 0 Å². The minimum atomic E-state index is -5.04. The molecule has 10 heteroatoms. The van der Waals surface area contributed by atoms with Gasteiger partial charge in [-0.1, -0.05) is 6.07 Å². The highest BCUT2D eigenvalue weighted by Crippen LogP contribution is 2.37. The monoisotopic (exact) mass is 462 g/mol. The van der Waals surface area contributed by atoms with Crippen molar-refractivity contribution < 1.29 is 35.5 Å². The van der Waals surface area contributed by atoms with Gasteiger partial charge in [0.25, 0.3) is 5.91 Å². The fourth-order valence-electron chi connectivity index (χ4n) is 4.11. The highest BCUT2D eigenvalue weighted by Gasteiger charge is 2.39. The SMILES string of the molecule is Cc1cc(F)ccc1[C@@H]1CNCC[C@H]1N(C)C(=O)c1cc(C(F)(F)F)cc(C(F)(F)F)c1. The van der Waals surface area contributed by atoms with Crippen molar-refractivity contribution in [1.82, 2.24) is 10.2 Å². The highest BCUT2D eigenvalue weighted by atomic mass is 19.4. The number of likely N-dealkylation sites (N-methyl/N-ethyl adjacent to an activating group) is 1. The molecule has 3 nitrogen and oxygen atoms in total. The summed E-state index contributed by atoms with van der Waals surface area (Å²) in [5.41, 5.74) is -2.38. The van der Waals surface area contributed by atoms with E-state index in [1.807, 2.05) is 0 Å². The number of piperidine rings is 1. The molecule has 0 radical (unpaired) electrons. The predicted molar refractivity (Wildman–Crippen MR) is 104 cm³/mol. The largest absolute Gasteiger partial charge is 0.416 e. The maximum Gasteiger partial charge on any atom is 0.416 e. The molecule has 0 aromatic heterocycles. The third-order valence-corrected chi connectivity index (χ3v) is 5.73. The normalized spacial score (nSPS) is 19.7. The number of aryl methyl sites for hydroxylation is 1. The van der Waals surface area contributed by atoms with Crippen LogP contribution in [0.1, 0.15) is 45.0 Å². The molecule has 0 spiro atoms. The third-order valence-electron chi connectivity index (χ3n) is 5.73. The number of halogens is 7. The second-order valence-electron chi connectivity index (χ2n) is 7.88. The van der Waals surface area contributed by atoms with E-state index in [1.165, 1.54) is 24.1 Å². The molecule has 0 bridgehead atoms. The Morgan fingerprint density at radius 1 is 1.00 bits per heavy atom. The molecular formula is C22H21F7N2O. The zero-order valence-corrected chi connectivity index (χ0v) is 17.2. The molecular weight excluding hydrogens is 441 g/mol. The smallest absolute Gasteiger partial charge is 0.338 e. The van der Waals surface area contributed by atoms with Gasteiger partial charge in [-0.2, -0.15) is 26.3 Å². The minimum Gasteiger partial charge on any atom is -0.338 e. The van der Waals surface area contributed by atoms with Crippen molar-refractivity contribution in [2.24, 2.45) is 0 Å². The summed E-state index contributed by atoms with van der Waals surface area (Å²) in [6.45, 7) is 2.63. The third kappa shape index (κ3) is 5.06. The van der Waals surface area contributed by atoms with Crippen LogP contribution in [0.15, 0.2) is 36.4 Å². The van der Waals surface area contributed by atoms with Crippen LogP contribution in [0.25, 0.3) is 0 Å². The molecule has 3 rings (SSSR count). The van der Waals surface area contributed by atoms with Gasteiger partial charge in [-0.15, -0.1) is 0 Å². The number of carbonyl (C=O) groups excluding carboxylic acids is 1. The zero-order chi connectivity index (χ0) is 23.8. The molecule has 2 aromatic carbocycles. The first kappa shape index (κ1) is 24.0. The Kier molecular flexibility index (Phi) is 6.55. The van der Waals surface area contributed by atoms with Crippen LogP contribution in [-0.4, -0.2) is 37.0 Å². The van der Waals surface area contributed by atoms with Gasteiger partial charge in [-0.3, -0.25) is 4.79 Å². The Bertz CT molecular complexity index is 968. The molecule has 1 amide bonds. The molecule has 1 fully saturated rings. The average Bonchev–Trinajstić information content (AvgIpc) is 2.71. The lowest BCUT2D eigenvalue weighted by Gasteiger charge is -2.39. The second-order valence-corrected chi connectivity index (χ2v) is 7.88. The van der Waals surface area contributed by atoms with Crippen molar-refractivity contribution in [3.63, 3.8) is 0 Å². The van der Waals surface area contributed by atoms with Crippen molar-refractivity contribution in [2.75, 3.05) is 20.1 Å². The van der Waals surface area contributed by atoms with E-state index in [-0.39, 0.29) is 12.0 Å². The van der Waals surface area contributed by atoms with E-state index in [4.69, 9.17) is 0 Å². The van der Waals surface area contributed by atoms with Gasteiger partial charge in [0.1, 0.15) is 5.82 Å². The summed E-state index contributed by atoms with van der Waals surface area (Å²) in [4.78, 5) is 14.2. The Balaban J connectivity index is 1.99. The number of amides is 1. The molecule has 2 aromatic rings. The lowest BCUT2D eigenvalue weighted by molar-refractivity contribution is -0.143. The standard InChI is InChI=1S/C22H21F7N2O/c1-12-7-16(23)3-4-17(12)18-11-30-6-5-19(18)31(2)20(32)13-8-14(21(24,25)26)10-15(9-13)22(27,28)29/h3-4,7-10,18-19,30H,5-6,11H2,1-2H3/t18-,19+/m0/s1. The number of rotatable bonds is 3. The fraction of sp³-hybridized carbons (Fsp3) is 0.409. The summed E-state index contributed by atoms with van der Waals surface area (Å²) in [5, 5.41) is 3.17. The number of alkyl halides is 6. The van der Waals surface area contributed by atoms with Crippen LogP contribution in [0.3, 0.4) is 0 Å². The number of nitrogens with one attached hydrogen (secondary N) is 1. The van der Waals surface area contributed by atoms with E-state index in [0.717, 1.165) is 5.56 Å². The first-order chi connectivity index (χ1) is 14.8. The summed E-state index contributed by atoms with van der Waals surface area (Å²) in [6.07, 6.45) is -9.66. The van der Waals surface area contributed by atoms with E-state index in [9.17, 15) is 35.5 Å². The van der Waals surface area contributed by atoms with Crippen LogP contribution in [0.2, 0.25) is 0 Å². The Hall–Kier alpha value is -2.62. The van der Waals surface area contributed by atoms with Crippen LogP contribution >= 0.6 is 0 Å². The lowest BCUT2D eigenvalue weighted by Crippen LogP contribution is -2.49. The number of hydrogen-bond acceptors (Lipinski definition) is 2. The van der Waals surface area contributed by atoms with E-state index in [2.05, 4.69) is 5.32 Å². The van der Waals surface area contributed by atoms with Gasteiger partial charge in [-0.25, -0.2) is 4.39 Å². The van der Waals surface area contributed by atoms with E-state index in [0.29, 0.717) is 37.2 Å². The van der Waals surface area contributed by atoms with Crippen LogP contribution in [0.5, 0.6) is 0 Å². The van der Waals surface area contributed by atoms with Gasteiger partial charge >= 0.3 is 12.4 Å². The molecule has 1 saturated heterocycles. The maximum atomic E-state index is 13.5. The Labute approximate surface area is 180 Å². The molecule has 0 saturated carbocycles. The van der Waals surface area contributed by atoms with Gasteiger partial charge in [-0.05, 0) is 61.3 Å². The number of carbonyl (C=O) groups is 1. The summed E-state index contributed by atoms with van der Waals surface area (Å²) >= 11 is 0. The van der Waals surface area contributed by atoms with Gasteiger partial charge in [0, 0.05) is 31.1 Å². The molecule has 1 N–H and O–H groups in total. The lowest BCUT2D eigenvalue weighted by atomic mass is 9.83. The van der Waals surface area contributed by atoms with Gasteiger partial charge < -0.3 is 10.2 Å². The highest BCUT2D eigenvalue weighted by molar-refractivity contribution is 5.94. The van der Waals surface area contributed by atoms with Crippen molar-refractivity contribution >= 4 is 5.91 Å². The summed E-state index contributed by atoms with van der Waals surface area (Å²) in [5.74, 6) is -1.69. The topological polar surface area (TPSA) is 32.3 Å². The van der Waals surface area contributed by atoms with Crippen LogP contribution in [0, 0.1) is 12.7 Å². The summed E-state index contributed by atoms with van der Waals surface area (Å²) in [6, 6.07) is 4.56. The molecule has 32 heavy (non-hydrogen) atoms. The molecule has 0 unspecified atom stereocenters. The van der Waals surface area contributed by atoms with Gasteiger partial charge in [0.2, 0.25) is 0 Å². The number of benzene rings is 2. The predicted octanol–water partition coefficient (Wildman–Crippen LogP) is 5.39. The minimum absolute atomic E-state index is 0.00795. The fourth-order valence-corrected chi connectivity index (χ4v) is 4.11. The molecule has 1 heterocycles. The second kappa shape index (κ2) is 8.73. The zero-order valence-electron chi connectivity index (χ0n) is 17.2. The maximum absolute atomic E-state index is 13.5. The number of hydrogen-bond donors (Lipinski definition) is 1. The molecule has 0 aliphatic carbocycles. The van der Waals surface area contributed by atoms with Crippen molar-refractivity contribution in [2.45, 2.75) is 37.7 Å². The van der Waals surface area contributed by atoms with Crippen molar-refractivity contribution in [3.05, 3.63) is 70.0 Å². The average molecular weight is 462 g/mol. The van der Waals surface area contributed by atoms with Crippen LogP contribution in [-0.2, 0) is 12.4 Å². The van der Waals surface area contributed by atoms with Crippen LogP contribution < -0.4 is 5.32 Å². The Morgan fingerprint density at radius 2 is 1.59 bits per heavy atom. The van der Waals surface area contributed by atoms with Gasteiger partial charge in [0.05, 0.1) is 11.1 Å².